The second kappa shape index (κ2) is 6.01. The first-order valence-corrected chi connectivity index (χ1v) is 6.38. The molecule has 2 rings (SSSR count). The highest BCUT2D eigenvalue weighted by atomic mass is 16.5. The summed E-state index contributed by atoms with van der Waals surface area (Å²) in [6.07, 6.45) is 3.14. The van der Waals surface area contributed by atoms with Crippen molar-refractivity contribution >= 4 is 5.78 Å². The number of carbonyl (C=O) groups is 1. The molecule has 0 aromatic heterocycles. The van der Waals surface area contributed by atoms with Crippen LogP contribution in [0.15, 0.2) is 24.3 Å². The Labute approximate surface area is 109 Å². The SMILES string of the molecule is COc1cccc(CN2CC[CH]C(C(C)=O)C2)c1. The summed E-state index contributed by atoms with van der Waals surface area (Å²) in [4.78, 5) is 13.8. The van der Waals surface area contributed by atoms with Crippen LogP contribution in [0.25, 0.3) is 0 Å². The van der Waals surface area contributed by atoms with Gasteiger partial charge in [-0.05, 0) is 44.0 Å². The molecule has 0 amide bonds. The van der Waals surface area contributed by atoms with Crippen LogP contribution in [0, 0.1) is 12.3 Å². The highest BCUT2D eigenvalue weighted by molar-refractivity contribution is 5.79. The average Bonchev–Trinajstić information content (AvgIpc) is 2.39. The molecule has 3 heteroatoms. The fourth-order valence-electron chi connectivity index (χ4n) is 2.37. The Morgan fingerprint density at radius 1 is 1.50 bits per heavy atom. The summed E-state index contributed by atoms with van der Waals surface area (Å²) >= 11 is 0. The molecule has 1 saturated heterocycles. The van der Waals surface area contributed by atoms with Gasteiger partial charge in [-0.3, -0.25) is 9.69 Å². The standard InChI is InChI=1S/C15H20NO2/c1-12(17)14-6-4-8-16(11-14)10-13-5-3-7-15(9-13)18-2/h3,5-7,9,14H,4,8,10-11H2,1-2H3. The van der Waals surface area contributed by atoms with Crippen molar-refractivity contribution < 1.29 is 9.53 Å². The lowest BCUT2D eigenvalue weighted by molar-refractivity contribution is -0.120. The van der Waals surface area contributed by atoms with Crippen molar-refractivity contribution in [2.24, 2.45) is 5.92 Å². The van der Waals surface area contributed by atoms with Crippen molar-refractivity contribution in [1.29, 1.82) is 0 Å². The Kier molecular flexibility index (Phi) is 4.37. The number of benzene rings is 1. The summed E-state index contributed by atoms with van der Waals surface area (Å²) in [5.41, 5.74) is 1.23. The van der Waals surface area contributed by atoms with E-state index in [4.69, 9.17) is 4.74 Å². The first-order chi connectivity index (χ1) is 8.69. The first kappa shape index (κ1) is 13.1. The van der Waals surface area contributed by atoms with Crippen LogP contribution in [0.2, 0.25) is 0 Å². The number of ketones is 1. The van der Waals surface area contributed by atoms with Crippen LogP contribution in [0.4, 0.5) is 0 Å². The monoisotopic (exact) mass is 246 g/mol. The van der Waals surface area contributed by atoms with Crippen LogP contribution in [0.5, 0.6) is 5.75 Å². The molecule has 1 heterocycles. The van der Waals surface area contributed by atoms with Crippen molar-refractivity contribution in [3.05, 3.63) is 36.2 Å². The minimum absolute atomic E-state index is 0.101. The quantitative estimate of drug-likeness (QED) is 0.816. The molecule has 0 N–H and O–H groups in total. The van der Waals surface area contributed by atoms with Gasteiger partial charge in [0.1, 0.15) is 11.5 Å². The van der Waals surface area contributed by atoms with Crippen molar-refractivity contribution in [2.45, 2.75) is 19.9 Å². The Morgan fingerprint density at radius 3 is 3.06 bits per heavy atom. The van der Waals surface area contributed by atoms with E-state index < -0.39 is 0 Å². The fraction of sp³-hybridized carbons (Fsp3) is 0.467. The number of hydrogen-bond donors (Lipinski definition) is 0. The second-order valence-corrected chi connectivity index (χ2v) is 4.83. The Balaban J connectivity index is 1.97. The van der Waals surface area contributed by atoms with Gasteiger partial charge in [0, 0.05) is 19.0 Å². The van der Waals surface area contributed by atoms with Crippen LogP contribution in [0.1, 0.15) is 18.9 Å². The van der Waals surface area contributed by atoms with Crippen molar-refractivity contribution in [2.75, 3.05) is 20.2 Å². The summed E-state index contributed by atoms with van der Waals surface area (Å²) in [5.74, 6) is 1.26. The lowest BCUT2D eigenvalue weighted by Crippen LogP contribution is -2.37. The van der Waals surface area contributed by atoms with Crippen LogP contribution in [-0.2, 0) is 11.3 Å². The van der Waals surface area contributed by atoms with Gasteiger partial charge in [0.05, 0.1) is 7.11 Å². The van der Waals surface area contributed by atoms with E-state index in [1.807, 2.05) is 12.1 Å². The largest absolute Gasteiger partial charge is 0.497 e. The number of carbonyl (C=O) groups excluding carboxylic acids is 1. The van der Waals surface area contributed by atoms with Crippen LogP contribution in [-0.4, -0.2) is 30.9 Å². The number of rotatable bonds is 4. The van der Waals surface area contributed by atoms with Crippen molar-refractivity contribution in [3.8, 4) is 5.75 Å². The van der Waals surface area contributed by atoms with Crippen LogP contribution in [0.3, 0.4) is 0 Å². The fourth-order valence-corrected chi connectivity index (χ4v) is 2.37. The zero-order chi connectivity index (χ0) is 13.0. The smallest absolute Gasteiger partial charge is 0.134 e. The van der Waals surface area contributed by atoms with E-state index in [1.165, 1.54) is 5.56 Å². The maximum Gasteiger partial charge on any atom is 0.134 e. The van der Waals surface area contributed by atoms with Crippen molar-refractivity contribution in [1.82, 2.24) is 4.90 Å². The molecule has 0 spiro atoms. The number of hydrogen-bond acceptors (Lipinski definition) is 3. The molecule has 97 valence electrons. The molecule has 1 fully saturated rings. The molecular formula is C15H20NO2. The molecule has 3 nitrogen and oxygen atoms in total. The number of nitrogens with zero attached hydrogens (tertiary/aromatic N) is 1. The molecule has 18 heavy (non-hydrogen) atoms. The van der Waals surface area contributed by atoms with E-state index in [0.717, 1.165) is 31.8 Å². The molecule has 0 bridgehead atoms. The third-order valence-electron chi connectivity index (χ3n) is 3.41. The average molecular weight is 246 g/mol. The second-order valence-electron chi connectivity index (χ2n) is 4.83. The molecule has 1 aliphatic rings. The Morgan fingerprint density at radius 2 is 2.33 bits per heavy atom. The number of piperidine rings is 1. The molecule has 1 atom stereocenters. The van der Waals surface area contributed by atoms with Gasteiger partial charge in [-0.1, -0.05) is 12.1 Å². The summed E-state index contributed by atoms with van der Waals surface area (Å²) in [5, 5.41) is 0. The van der Waals surface area contributed by atoms with Gasteiger partial charge in [-0.2, -0.15) is 0 Å². The first-order valence-electron chi connectivity index (χ1n) is 6.38. The number of methoxy groups -OCH3 is 1. The molecule has 0 aliphatic carbocycles. The van der Waals surface area contributed by atoms with Gasteiger partial charge in [0.2, 0.25) is 0 Å². The zero-order valence-electron chi connectivity index (χ0n) is 11.1. The van der Waals surface area contributed by atoms with Crippen LogP contribution >= 0.6 is 0 Å². The predicted molar refractivity (Wildman–Crippen MR) is 71.4 cm³/mol. The van der Waals surface area contributed by atoms with E-state index in [2.05, 4.69) is 23.5 Å². The lowest BCUT2D eigenvalue weighted by atomic mass is 9.94. The van der Waals surface area contributed by atoms with E-state index in [9.17, 15) is 4.79 Å². The maximum atomic E-state index is 11.4. The molecular weight excluding hydrogens is 226 g/mol. The summed E-state index contributed by atoms with van der Waals surface area (Å²) in [6, 6.07) is 8.11. The summed E-state index contributed by atoms with van der Waals surface area (Å²) < 4.78 is 5.22. The molecule has 0 saturated carbocycles. The van der Waals surface area contributed by atoms with Gasteiger partial charge >= 0.3 is 0 Å². The van der Waals surface area contributed by atoms with Gasteiger partial charge in [-0.15, -0.1) is 0 Å². The maximum absolute atomic E-state index is 11.4. The molecule has 1 unspecified atom stereocenters. The van der Waals surface area contributed by atoms with Gasteiger partial charge < -0.3 is 4.74 Å². The minimum Gasteiger partial charge on any atom is -0.497 e. The summed E-state index contributed by atoms with van der Waals surface area (Å²) in [7, 11) is 1.68. The zero-order valence-corrected chi connectivity index (χ0v) is 11.1. The Hall–Kier alpha value is -1.35. The number of likely N-dealkylation sites (tertiary alicyclic amines) is 1. The topological polar surface area (TPSA) is 29.5 Å². The highest BCUT2D eigenvalue weighted by Crippen LogP contribution is 2.20. The molecule has 1 aliphatic heterocycles. The molecule has 1 aromatic rings. The van der Waals surface area contributed by atoms with E-state index in [-0.39, 0.29) is 11.7 Å². The Bertz CT molecular complexity index is 417. The predicted octanol–water partition coefficient (Wildman–Crippen LogP) is 2.31. The van der Waals surface area contributed by atoms with Gasteiger partial charge in [0.15, 0.2) is 0 Å². The van der Waals surface area contributed by atoms with Gasteiger partial charge in [-0.25, -0.2) is 0 Å². The molecule has 1 radical (unpaired) electrons. The molecule has 1 aromatic carbocycles. The summed E-state index contributed by atoms with van der Waals surface area (Å²) in [6.45, 7) is 4.43. The van der Waals surface area contributed by atoms with E-state index in [0.29, 0.717) is 0 Å². The number of Topliss-reactive ketones (excluding diaryl/α,β-unsaturated/α-hetero) is 1. The van der Waals surface area contributed by atoms with Crippen LogP contribution < -0.4 is 4.74 Å². The highest BCUT2D eigenvalue weighted by Gasteiger charge is 2.23. The van der Waals surface area contributed by atoms with E-state index in [1.54, 1.807) is 14.0 Å². The lowest BCUT2D eigenvalue weighted by Gasteiger charge is -2.31. The van der Waals surface area contributed by atoms with Gasteiger partial charge in [0.25, 0.3) is 0 Å². The van der Waals surface area contributed by atoms with E-state index >= 15 is 0 Å². The third kappa shape index (κ3) is 3.33. The normalized spacial score (nSPS) is 20.7. The minimum atomic E-state index is 0.101. The third-order valence-corrected chi connectivity index (χ3v) is 3.41. The number of ether oxygens (including phenoxy) is 1. The van der Waals surface area contributed by atoms with Crippen molar-refractivity contribution in [3.63, 3.8) is 0 Å².